The van der Waals surface area contributed by atoms with Crippen LogP contribution in [0.1, 0.15) is 5.56 Å². The van der Waals surface area contributed by atoms with Crippen molar-refractivity contribution in [2.75, 3.05) is 0 Å². The molecule has 122 valence electrons. The molecule has 0 aliphatic heterocycles. The molecule has 3 rings (SSSR count). The number of hydrogen-bond donors (Lipinski definition) is 0. The van der Waals surface area contributed by atoms with Gasteiger partial charge in [-0.2, -0.15) is 30.7 Å². The molecule has 0 atom stereocenters. The minimum absolute atomic E-state index is 0.0543. The van der Waals surface area contributed by atoms with E-state index < -0.39 is 33.7 Å². The zero-order valence-corrected chi connectivity index (χ0v) is 11.8. The summed E-state index contributed by atoms with van der Waals surface area (Å²) in [5.74, 6) is -11.6. The van der Waals surface area contributed by atoms with E-state index in [9.17, 15) is 30.7 Å². The van der Waals surface area contributed by atoms with Crippen LogP contribution in [0.2, 0.25) is 0 Å². The third-order valence-corrected chi connectivity index (χ3v) is 4.27. The molecule has 0 saturated carbocycles. The summed E-state index contributed by atoms with van der Waals surface area (Å²) in [7, 11) is 0. The lowest BCUT2D eigenvalue weighted by molar-refractivity contribution is -0.358. The van der Waals surface area contributed by atoms with Crippen molar-refractivity contribution in [3.8, 4) is 0 Å². The normalized spacial score (nSPS) is 13.9. The maximum absolute atomic E-state index is 14.3. The number of thiophene rings is 1. The minimum atomic E-state index is -6.38. The van der Waals surface area contributed by atoms with Crippen molar-refractivity contribution >= 4 is 32.5 Å². The number of rotatable bonds is 2. The summed E-state index contributed by atoms with van der Waals surface area (Å²) >= 11 is 0.639. The Kier molecular flexibility index (Phi) is 3.33. The third kappa shape index (κ3) is 2.17. The first-order valence-corrected chi connectivity index (χ1v) is 7.04. The fraction of sp³-hybridized carbons (Fsp3) is 0.214. The van der Waals surface area contributed by atoms with Crippen LogP contribution in [-0.4, -0.2) is 17.1 Å². The first kappa shape index (κ1) is 16.0. The molecule has 0 spiro atoms. The van der Waals surface area contributed by atoms with Gasteiger partial charge in [-0.1, -0.05) is 18.2 Å². The van der Waals surface area contributed by atoms with Crippen molar-refractivity contribution in [3.05, 3.63) is 41.3 Å². The number of para-hydroxylation sites is 1. The van der Waals surface area contributed by atoms with E-state index in [2.05, 4.69) is 4.98 Å². The highest BCUT2D eigenvalue weighted by molar-refractivity contribution is 7.17. The Labute approximate surface area is 128 Å². The van der Waals surface area contributed by atoms with Crippen LogP contribution in [0.25, 0.3) is 21.1 Å². The van der Waals surface area contributed by atoms with Crippen LogP contribution >= 0.6 is 11.3 Å². The number of halogens is 7. The molecule has 0 fully saturated rings. The summed E-state index contributed by atoms with van der Waals surface area (Å²) in [6.07, 6.45) is -6.38. The largest absolute Gasteiger partial charge is 0.460 e. The second-order valence-electron chi connectivity index (χ2n) is 4.79. The molecule has 0 aliphatic rings. The summed E-state index contributed by atoms with van der Waals surface area (Å²) < 4.78 is 92.6. The number of hydrogen-bond acceptors (Lipinski definition) is 2. The first-order valence-electron chi connectivity index (χ1n) is 6.16. The van der Waals surface area contributed by atoms with Gasteiger partial charge in [0.25, 0.3) is 0 Å². The summed E-state index contributed by atoms with van der Waals surface area (Å²) in [5, 5.41) is 0.873. The predicted octanol–water partition coefficient (Wildman–Crippen LogP) is 5.74. The van der Waals surface area contributed by atoms with Crippen LogP contribution in [0.4, 0.5) is 30.7 Å². The smallest absolute Gasteiger partial charge is 0.247 e. The number of benzene rings is 1. The van der Waals surface area contributed by atoms with Gasteiger partial charge in [0.1, 0.15) is 0 Å². The molecule has 1 nitrogen and oxygen atoms in total. The van der Waals surface area contributed by atoms with Crippen molar-refractivity contribution in [1.29, 1.82) is 0 Å². The number of fused-ring (bicyclic) bond motifs is 2. The highest BCUT2D eigenvalue weighted by Gasteiger charge is 2.74. The molecular formula is C14H6F7NS. The monoisotopic (exact) mass is 353 g/mol. The van der Waals surface area contributed by atoms with Crippen molar-refractivity contribution in [2.24, 2.45) is 0 Å². The highest BCUT2D eigenvalue weighted by Crippen LogP contribution is 2.54. The molecule has 0 bridgehead atoms. The molecule has 1 aromatic carbocycles. The summed E-state index contributed by atoms with van der Waals surface area (Å²) in [4.78, 5) is 4.01. The maximum Gasteiger partial charge on any atom is 0.460 e. The molecule has 0 radical (unpaired) electrons. The second-order valence-corrected chi connectivity index (χ2v) is 5.70. The second kappa shape index (κ2) is 4.80. The Morgan fingerprint density at radius 1 is 0.826 bits per heavy atom. The average Bonchev–Trinajstić information content (AvgIpc) is 2.90. The van der Waals surface area contributed by atoms with E-state index in [0.29, 0.717) is 11.3 Å². The predicted molar refractivity (Wildman–Crippen MR) is 72.0 cm³/mol. The van der Waals surface area contributed by atoms with E-state index in [1.54, 1.807) is 0 Å². The Hall–Kier alpha value is -1.90. The lowest BCUT2D eigenvalue weighted by Gasteiger charge is -2.29. The lowest BCUT2D eigenvalue weighted by Crippen LogP contribution is -2.50. The van der Waals surface area contributed by atoms with Crippen LogP contribution in [0.3, 0.4) is 0 Å². The van der Waals surface area contributed by atoms with Gasteiger partial charge >= 0.3 is 18.0 Å². The van der Waals surface area contributed by atoms with E-state index in [1.807, 2.05) is 0 Å². The fourth-order valence-electron chi connectivity index (χ4n) is 2.26. The van der Waals surface area contributed by atoms with Crippen molar-refractivity contribution in [1.82, 2.24) is 4.98 Å². The van der Waals surface area contributed by atoms with Gasteiger partial charge in [-0.15, -0.1) is 11.3 Å². The zero-order chi connectivity index (χ0) is 17.0. The molecule has 0 saturated heterocycles. The Balaban J connectivity index is 2.43. The van der Waals surface area contributed by atoms with Crippen molar-refractivity contribution < 1.29 is 30.7 Å². The molecule has 0 unspecified atom stereocenters. The molecule has 0 aliphatic carbocycles. The van der Waals surface area contributed by atoms with E-state index in [-0.39, 0.29) is 11.0 Å². The van der Waals surface area contributed by atoms with Gasteiger partial charge in [-0.25, -0.2) is 4.98 Å². The minimum Gasteiger partial charge on any atom is -0.247 e. The van der Waals surface area contributed by atoms with Gasteiger partial charge in [0.2, 0.25) is 0 Å². The summed E-state index contributed by atoms with van der Waals surface area (Å²) in [5.41, 5.74) is -1.48. The van der Waals surface area contributed by atoms with E-state index >= 15 is 0 Å². The molecular weight excluding hydrogens is 347 g/mol. The van der Waals surface area contributed by atoms with Gasteiger partial charge < -0.3 is 0 Å². The van der Waals surface area contributed by atoms with E-state index in [4.69, 9.17) is 0 Å². The fourth-order valence-corrected chi connectivity index (χ4v) is 3.18. The first-order chi connectivity index (χ1) is 10.6. The third-order valence-electron chi connectivity index (χ3n) is 3.35. The van der Waals surface area contributed by atoms with Crippen molar-refractivity contribution in [3.63, 3.8) is 0 Å². The van der Waals surface area contributed by atoms with E-state index in [1.165, 1.54) is 29.6 Å². The zero-order valence-electron chi connectivity index (χ0n) is 11.0. The SMILES string of the molecule is FC(F)(F)C(F)(F)C(F)(F)c1c2ccccc2nc2ccsc12. The van der Waals surface area contributed by atoms with Crippen LogP contribution in [0.15, 0.2) is 35.7 Å². The number of nitrogens with zero attached hydrogens (tertiary/aromatic N) is 1. The summed E-state index contributed by atoms with van der Waals surface area (Å²) in [6.45, 7) is 0. The number of pyridine rings is 1. The van der Waals surface area contributed by atoms with Gasteiger partial charge in [0.15, 0.2) is 0 Å². The highest BCUT2D eigenvalue weighted by atomic mass is 32.1. The Morgan fingerprint density at radius 3 is 2.13 bits per heavy atom. The van der Waals surface area contributed by atoms with Gasteiger partial charge in [-0.3, -0.25) is 0 Å². The molecule has 2 aromatic heterocycles. The van der Waals surface area contributed by atoms with Gasteiger partial charge in [-0.05, 0) is 17.5 Å². The van der Waals surface area contributed by atoms with E-state index in [0.717, 1.165) is 6.07 Å². The molecule has 0 amide bonds. The molecule has 0 N–H and O–H groups in total. The maximum atomic E-state index is 14.3. The van der Waals surface area contributed by atoms with Crippen LogP contribution in [0, 0.1) is 0 Å². The van der Waals surface area contributed by atoms with Crippen molar-refractivity contribution in [2.45, 2.75) is 18.0 Å². The quantitative estimate of drug-likeness (QED) is 0.536. The molecule has 23 heavy (non-hydrogen) atoms. The lowest BCUT2D eigenvalue weighted by atomic mass is 9.97. The average molecular weight is 353 g/mol. The van der Waals surface area contributed by atoms with Crippen LogP contribution in [-0.2, 0) is 5.92 Å². The molecule has 9 heteroatoms. The standard InChI is InChI=1S/C14H6F7NS/c15-12(16,13(17,18)14(19,20)21)10-7-3-1-2-4-8(7)22-9-5-6-23-11(9)10/h1-6H. The Bertz CT molecular complexity index is 882. The summed E-state index contributed by atoms with van der Waals surface area (Å²) in [6, 6.07) is 6.32. The van der Waals surface area contributed by atoms with Crippen LogP contribution in [0.5, 0.6) is 0 Å². The Morgan fingerprint density at radius 2 is 1.48 bits per heavy atom. The van der Waals surface area contributed by atoms with Gasteiger partial charge in [0, 0.05) is 5.39 Å². The molecule has 3 aromatic rings. The van der Waals surface area contributed by atoms with Gasteiger partial charge in [0.05, 0.1) is 21.3 Å². The topological polar surface area (TPSA) is 12.9 Å². The molecule has 2 heterocycles. The van der Waals surface area contributed by atoms with Crippen LogP contribution < -0.4 is 0 Å². The number of alkyl halides is 7. The number of aromatic nitrogens is 1.